The standard InChI is InChI=1S/C20H22F3N7O/c1-12-9-16(30-19(26-12)27-17(28-30)20(21,22)23)25-11-15-10-14(7-8-29(15)18(24)31)13-5-3-2-4-6-13/h2-6,9,14-15,25H,7-8,10-11H2,1H3,(H2,24,31). The van der Waals surface area contributed by atoms with E-state index in [1.165, 1.54) is 5.56 Å². The van der Waals surface area contributed by atoms with Crippen LogP contribution in [0.5, 0.6) is 0 Å². The molecule has 0 aliphatic carbocycles. The van der Waals surface area contributed by atoms with Crippen molar-refractivity contribution in [1.29, 1.82) is 0 Å². The van der Waals surface area contributed by atoms with E-state index >= 15 is 0 Å². The van der Waals surface area contributed by atoms with Crippen molar-refractivity contribution in [3.05, 3.63) is 53.5 Å². The van der Waals surface area contributed by atoms with Gasteiger partial charge in [0.05, 0.1) is 6.04 Å². The third-order valence-corrected chi connectivity index (χ3v) is 5.48. The molecule has 0 radical (unpaired) electrons. The average molecular weight is 433 g/mol. The third kappa shape index (κ3) is 4.39. The van der Waals surface area contributed by atoms with Gasteiger partial charge in [0.25, 0.3) is 11.6 Å². The molecule has 2 amide bonds. The lowest BCUT2D eigenvalue weighted by Gasteiger charge is -2.39. The predicted octanol–water partition coefficient (Wildman–Crippen LogP) is 3.19. The molecule has 2 atom stereocenters. The number of benzene rings is 1. The molecular weight excluding hydrogens is 411 g/mol. The smallest absolute Gasteiger partial charge is 0.368 e. The summed E-state index contributed by atoms with van der Waals surface area (Å²) in [5.74, 6) is -0.829. The van der Waals surface area contributed by atoms with Gasteiger partial charge in [0.15, 0.2) is 0 Å². The number of likely N-dealkylation sites (tertiary alicyclic amines) is 1. The molecule has 4 rings (SSSR count). The normalized spacial score (nSPS) is 19.5. The molecule has 0 saturated carbocycles. The molecule has 1 saturated heterocycles. The topological polar surface area (TPSA) is 101 Å². The first-order valence-electron chi connectivity index (χ1n) is 9.89. The fourth-order valence-corrected chi connectivity index (χ4v) is 4.02. The van der Waals surface area contributed by atoms with E-state index in [9.17, 15) is 18.0 Å². The molecule has 2 unspecified atom stereocenters. The van der Waals surface area contributed by atoms with Gasteiger partial charge in [0, 0.05) is 24.8 Å². The van der Waals surface area contributed by atoms with Gasteiger partial charge in [-0.25, -0.2) is 9.78 Å². The molecule has 164 valence electrons. The number of hydrogen-bond acceptors (Lipinski definition) is 5. The highest BCUT2D eigenvalue weighted by Crippen LogP contribution is 2.32. The van der Waals surface area contributed by atoms with Crippen molar-refractivity contribution < 1.29 is 18.0 Å². The number of alkyl halides is 3. The Morgan fingerprint density at radius 2 is 2.00 bits per heavy atom. The number of rotatable bonds is 4. The van der Waals surface area contributed by atoms with E-state index in [1.54, 1.807) is 17.9 Å². The Balaban J connectivity index is 1.57. The summed E-state index contributed by atoms with van der Waals surface area (Å²) in [6, 6.07) is 10.8. The number of carbonyl (C=O) groups excluding carboxylic acids is 1. The molecular formula is C20H22F3N7O. The summed E-state index contributed by atoms with van der Waals surface area (Å²) in [5.41, 5.74) is 7.25. The van der Waals surface area contributed by atoms with E-state index in [0.29, 0.717) is 31.0 Å². The van der Waals surface area contributed by atoms with Gasteiger partial charge in [-0.2, -0.15) is 22.7 Å². The molecule has 11 heteroatoms. The Bertz CT molecular complexity index is 1080. The van der Waals surface area contributed by atoms with Gasteiger partial charge in [-0.1, -0.05) is 30.3 Å². The molecule has 3 N–H and O–H groups in total. The van der Waals surface area contributed by atoms with Gasteiger partial charge < -0.3 is 16.0 Å². The number of carbonyl (C=O) groups is 1. The molecule has 31 heavy (non-hydrogen) atoms. The Hall–Kier alpha value is -3.37. The number of piperidine rings is 1. The Kier molecular flexibility index (Phi) is 5.42. The Labute approximate surface area is 176 Å². The second-order valence-corrected chi connectivity index (χ2v) is 7.63. The predicted molar refractivity (Wildman–Crippen MR) is 108 cm³/mol. The summed E-state index contributed by atoms with van der Waals surface area (Å²) in [7, 11) is 0. The first kappa shape index (κ1) is 20.9. The summed E-state index contributed by atoms with van der Waals surface area (Å²) in [6.07, 6.45) is -3.20. The lowest BCUT2D eigenvalue weighted by Crippen LogP contribution is -2.51. The van der Waals surface area contributed by atoms with Crippen LogP contribution in [0.4, 0.5) is 23.8 Å². The Morgan fingerprint density at radius 1 is 1.26 bits per heavy atom. The van der Waals surface area contributed by atoms with Gasteiger partial charge in [0.2, 0.25) is 0 Å². The molecule has 0 bridgehead atoms. The lowest BCUT2D eigenvalue weighted by atomic mass is 9.85. The highest BCUT2D eigenvalue weighted by molar-refractivity contribution is 5.72. The molecule has 2 aromatic heterocycles. The van der Waals surface area contributed by atoms with Crippen LogP contribution in [0.1, 0.15) is 35.8 Å². The van der Waals surface area contributed by atoms with E-state index in [-0.39, 0.29) is 17.7 Å². The first-order chi connectivity index (χ1) is 14.7. The molecule has 3 heterocycles. The van der Waals surface area contributed by atoms with Gasteiger partial charge in [-0.05, 0) is 31.2 Å². The maximum absolute atomic E-state index is 13.0. The number of nitrogens with one attached hydrogen (secondary N) is 1. The summed E-state index contributed by atoms with van der Waals surface area (Å²) in [5, 5.41) is 6.68. The zero-order chi connectivity index (χ0) is 22.2. The van der Waals surface area contributed by atoms with Gasteiger partial charge in [-0.15, -0.1) is 5.10 Å². The lowest BCUT2D eigenvalue weighted by molar-refractivity contribution is -0.144. The first-order valence-corrected chi connectivity index (χ1v) is 9.89. The van der Waals surface area contributed by atoms with Crippen molar-refractivity contribution in [3.8, 4) is 0 Å². The fraction of sp³-hybridized carbons (Fsp3) is 0.400. The SMILES string of the molecule is Cc1cc(NCC2CC(c3ccccc3)CCN2C(N)=O)n2nc(C(F)(F)F)nc2n1. The number of amides is 2. The van der Waals surface area contributed by atoms with Crippen LogP contribution in [-0.4, -0.2) is 49.6 Å². The quantitative estimate of drug-likeness (QED) is 0.658. The molecule has 1 aliphatic heterocycles. The van der Waals surface area contributed by atoms with Crippen LogP contribution < -0.4 is 11.1 Å². The number of primary amides is 1. The van der Waals surface area contributed by atoms with Gasteiger partial charge in [-0.3, -0.25) is 0 Å². The molecule has 0 spiro atoms. The summed E-state index contributed by atoms with van der Waals surface area (Å²) >= 11 is 0. The van der Waals surface area contributed by atoms with E-state index in [0.717, 1.165) is 10.9 Å². The van der Waals surface area contributed by atoms with Crippen molar-refractivity contribution in [1.82, 2.24) is 24.5 Å². The number of aryl methyl sites for hydroxylation is 1. The van der Waals surface area contributed by atoms with E-state index in [1.807, 2.05) is 18.2 Å². The Morgan fingerprint density at radius 3 is 2.68 bits per heavy atom. The van der Waals surface area contributed by atoms with Crippen molar-refractivity contribution in [3.63, 3.8) is 0 Å². The summed E-state index contributed by atoms with van der Waals surface area (Å²) < 4.78 is 40.1. The number of aromatic nitrogens is 4. The zero-order valence-corrected chi connectivity index (χ0v) is 16.8. The van der Waals surface area contributed by atoms with Crippen molar-refractivity contribution in [2.45, 2.75) is 37.9 Å². The molecule has 1 aliphatic rings. The number of nitrogens with zero attached hydrogens (tertiary/aromatic N) is 5. The third-order valence-electron chi connectivity index (χ3n) is 5.48. The monoisotopic (exact) mass is 433 g/mol. The minimum absolute atomic E-state index is 0.146. The van der Waals surface area contributed by atoms with E-state index in [4.69, 9.17) is 5.73 Å². The van der Waals surface area contributed by atoms with Crippen LogP contribution in [0.2, 0.25) is 0 Å². The molecule has 8 nitrogen and oxygen atoms in total. The van der Waals surface area contributed by atoms with Crippen LogP contribution >= 0.6 is 0 Å². The van der Waals surface area contributed by atoms with Crippen LogP contribution in [0.25, 0.3) is 5.78 Å². The second kappa shape index (κ2) is 8.05. The van der Waals surface area contributed by atoms with Crippen LogP contribution in [0, 0.1) is 6.92 Å². The number of halogens is 3. The van der Waals surface area contributed by atoms with Gasteiger partial charge in [0.1, 0.15) is 5.82 Å². The van der Waals surface area contributed by atoms with Crippen LogP contribution in [-0.2, 0) is 6.18 Å². The highest BCUT2D eigenvalue weighted by Gasteiger charge is 2.37. The molecule has 1 fully saturated rings. The van der Waals surface area contributed by atoms with Crippen LogP contribution in [0.3, 0.4) is 0 Å². The molecule has 3 aromatic rings. The fourth-order valence-electron chi connectivity index (χ4n) is 4.02. The van der Waals surface area contributed by atoms with Gasteiger partial charge >= 0.3 is 12.2 Å². The zero-order valence-electron chi connectivity index (χ0n) is 16.8. The summed E-state index contributed by atoms with van der Waals surface area (Å²) in [4.78, 5) is 21.1. The van der Waals surface area contributed by atoms with Crippen molar-refractivity contribution in [2.24, 2.45) is 5.73 Å². The number of anilines is 1. The minimum atomic E-state index is -4.67. The number of urea groups is 1. The highest BCUT2D eigenvalue weighted by atomic mass is 19.4. The number of hydrogen-bond donors (Lipinski definition) is 2. The van der Waals surface area contributed by atoms with Crippen LogP contribution in [0.15, 0.2) is 36.4 Å². The summed E-state index contributed by atoms with van der Waals surface area (Å²) in [6.45, 7) is 2.47. The van der Waals surface area contributed by atoms with Crippen molar-refractivity contribution >= 4 is 17.6 Å². The average Bonchev–Trinajstić information content (AvgIpc) is 3.17. The number of fused-ring (bicyclic) bond motifs is 1. The number of nitrogens with two attached hydrogens (primary N) is 1. The maximum atomic E-state index is 13.0. The second-order valence-electron chi connectivity index (χ2n) is 7.63. The molecule has 1 aromatic carbocycles. The minimum Gasteiger partial charge on any atom is -0.368 e. The van der Waals surface area contributed by atoms with Crippen molar-refractivity contribution in [2.75, 3.05) is 18.4 Å². The largest absolute Gasteiger partial charge is 0.453 e. The van der Waals surface area contributed by atoms with E-state index in [2.05, 4.69) is 32.5 Å². The maximum Gasteiger partial charge on any atom is 0.453 e. The van der Waals surface area contributed by atoms with E-state index < -0.39 is 18.0 Å².